The number of anilines is 2. The summed E-state index contributed by atoms with van der Waals surface area (Å²) in [5, 5.41) is 4.36. The fourth-order valence-corrected chi connectivity index (χ4v) is 2.35. The van der Waals surface area contributed by atoms with Crippen LogP contribution < -0.4 is 17.7 Å². The van der Waals surface area contributed by atoms with E-state index in [4.69, 9.17) is 0 Å². The van der Waals surface area contributed by atoms with Crippen molar-refractivity contribution in [3.05, 3.63) is 58.4 Å². The van der Waals surface area contributed by atoms with Crippen LogP contribution in [-0.2, 0) is 0 Å². The van der Waals surface area contributed by atoms with Gasteiger partial charge in [-0.05, 0) is 52.9 Å². The average Bonchev–Trinajstić information content (AvgIpc) is 2.39. The van der Waals surface area contributed by atoms with E-state index in [0.29, 0.717) is 0 Å². The molecule has 96 valence electrons. The molecular formula is C14H10ClIN3-. The van der Waals surface area contributed by atoms with Crippen LogP contribution in [0.1, 0.15) is 0 Å². The molecule has 0 saturated heterocycles. The second-order valence-electron chi connectivity index (χ2n) is 3.87. The standard InChI is InChI=1S/C14H10IN3.ClH/c15-10-4-3-5-11(8-10)18-14-12-6-1-2-7-13(12)16-9-17-14;/h1-9H,(H,16,17,18);1H/p-1. The Kier molecular flexibility index (Phi) is 4.55. The molecule has 0 aliphatic carbocycles. The van der Waals surface area contributed by atoms with Crippen LogP contribution in [0, 0.1) is 3.57 Å². The number of para-hydroxylation sites is 1. The average molecular weight is 383 g/mol. The van der Waals surface area contributed by atoms with Gasteiger partial charge in [-0.15, -0.1) is 0 Å². The Bertz CT molecular complexity index is 698. The first-order valence-corrected chi connectivity index (χ1v) is 6.63. The molecule has 0 radical (unpaired) electrons. The van der Waals surface area contributed by atoms with Crippen molar-refractivity contribution >= 4 is 45.0 Å². The van der Waals surface area contributed by atoms with Crippen molar-refractivity contribution in [1.29, 1.82) is 0 Å². The molecule has 19 heavy (non-hydrogen) atoms. The maximum Gasteiger partial charge on any atom is 0.141 e. The molecule has 0 fully saturated rings. The van der Waals surface area contributed by atoms with E-state index in [2.05, 4.69) is 50.0 Å². The summed E-state index contributed by atoms with van der Waals surface area (Å²) >= 11 is 2.29. The third-order valence-electron chi connectivity index (χ3n) is 2.63. The third-order valence-corrected chi connectivity index (χ3v) is 3.30. The molecule has 0 aliphatic heterocycles. The molecule has 0 amide bonds. The number of aromatic nitrogens is 2. The normalized spacial score (nSPS) is 9.95. The van der Waals surface area contributed by atoms with Gasteiger partial charge in [-0.25, -0.2) is 9.97 Å². The number of hydrogen-bond donors (Lipinski definition) is 1. The molecule has 3 aromatic rings. The molecule has 2 aromatic carbocycles. The highest BCUT2D eigenvalue weighted by Gasteiger charge is 2.03. The predicted octanol–water partition coefficient (Wildman–Crippen LogP) is 0.982. The second kappa shape index (κ2) is 6.16. The molecule has 3 rings (SSSR count). The van der Waals surface area contributed by atoms with Crippen molar-refractivity contribution in [1.82, 2.24) is 9.97 Å². The zero-order chi connectivity index (χ0) is 12.4. The van der Waals surface area contributed by atoms with Crippen molar-refractivity contribution in [2.24, 2.45) is 0 Å². The molecule has 1 N–H and O–H groups in total. The van der Waals surface area contributed by atoms with Gasteiger partial charge in [-0.3, -0.25) is 0 Å². The van der Waals surface area contributed by atoms with E-state index in [1.54, 1.807) is 6.33 Å². The van der Waals surface area contributed by atoms with Crippen LogP contribution in [-0.4, -0.2) is 9.97 Å². The molecule has 0 aliphatic rings. The lowest BCUT2D eigenvalue weighted by Gasteiger charge is -2.08. The van der Waals surface area contributed by atoms with Crippen LogP contribution in [0.25, 0.3) is 10.9 Å². The van der Waals surface area contributed by atoms with Crippen molar-refractivity contribution in [2.45, 2.75) is 0 Å². The minimum absolute atomic E-state index is 0. The summed E-state index contributed by atoms with van der Waals surface area (Å²) in [7, 11) is 0. The van der Waals surface area contributed by atoms with Crippen molar-refractivity contribution < 1.29 is 12.4 Å². The number of hydrogen-bond acceptors (Lipinski definition) is 3. The first kappa shape index (κ1) is 14.0. The molecular weight excluding hydrogens is 373 g/mol. The van der Waals surface area contributed by atoms with Gasteiger partial charge in [-0.2, -0.15) is 0 Å². The number of fused-ring (bicyclic) bond motifs is 1. The highest BCUT2D eigenvalue weighted by Crippen LogP contribution is 2.23. The second-order valence-corrected chi connectivity index (χ2v) is 5.12. The van der Waals surface area contributed by atoms with E-state index >= 15 is 0 Å². The van der Waals surface area contributed by atoms with E-state index < -0.39 is 0 Å². The van der Waals surface area contributed by atoms with Gasteiger partial charge < -0.3 is 17.7 Å². The molecule has 0 saturated carbocycles. The Morgan fingerprint density at radius 1 is 0.947 bits per heavy atom. The smallest absolute Gasteiger partial charge is 0.141 e. The van der Waals surface area contributed by atoms with Crippen molar-refractivity contribution in [3.8, 4) is 0 Å². The zero-order valence-corrected chi connectivity index (χ0v) is 12.8. The Morgan fingerprint density at radius 2 is 1.79 bits per heavy atom. The monoisotopic (exact) mass is 382 g/mol. The first-order valence-electron chi connectivity index (χ1n) is 5.55. The van der Waals surface area contributed by atoms with Gasteiger partial charge in [0.15, 0.2) is 0 Å². The SMILES string of the molecule is Ic1cccc(Nc2ncnc3ccccc23)c1.[Cl-]. The van der Waals surface area contributed by atoms with E-state index in [0.717, 1.165) is 22.4 Å². The lowest BCUT2D eigenvalue weighted by Crippen LogP contribution is -3.00. The predicted molar refractivity (Wildman–Crippen MR) is 82.0 cm³/mol. The fraction of sp³-hybridized carbons (Fsp3) is 0. The van der Waals surface area contributed by atoms with E-state index in [1.807, 2.05) is 36.4 Å². The fourth-order valence-electron chi connectivity index (χ4n) is 1.81. The third kappa shape index (κ3) is 3.13. The molecule has 0 unspecified atom stereocenters. The largest absolute Gasteiger partial charge is 1.00 e. The van der Waals surface area contributed by atoms with E-state index in [-0.39, 0.29) is 12.4 Å². The number of halogens is 2. The number of benzene rings is 2. The summed E-state index contributed by atoms with van der Waals surface area (Å²) < 4.78 is 1.19. The summed E-state index contributed by atoms with van der Waals surface area (Å²) in [6, 6.07) is 16.2. The Balaban J connectivity index is 0.00000133. The van der Waals surface area contributed by atoms with E-state index in [9.17, 15) is 0 Å². The number of nitrogens with one attached hydrogen (secondary N) is 1. The molecule has 1 heterocycles. The van der Waals surface area contributed by atoms with Crippen LogP contribution in [0.2, 0.25) is 0 Å². The molecule has 5 heteroatoms. The van der Waals surface area contributed by atoms with Crippen LogP contribution in [0.15, 0.2) is 54.9 Å². The quantitative estimate of drug-likeness (QED) is 0.672. The van der Waals surface area contributed by atoms with Crippen LogP contribution in [0.5, 0.6) is 0 Å². The van der Waals surface area contributed by atoms with Gasteiger partial charge in [0, 0.05) is 14.6 Å². The molecule has 0 atom stereocenters. The molecule has 3 nitrogen and oxygen atoms in total. The Hall–Kier alpha value is -1.40. The molecule has 0 spiro atoms. The highest BCUT2D eigenvalue weighted by molar-refractivity contribution is 14.1. The van der Waals surface area contributed by atoms with Crippen molar-refractivity contribution in [2.75, 3.05) is 5.32 Å². The summed E-state index contributed by atoms with van der Waals surface area (Å²) in [6.07, 6.45) is 1.58. The molecule has 1 aromatic heterocycles. The Morgan fingerprint density at radius 3 is 2.63 bits per heavy atom. The zero-order valence-electron chi connectivity index (χ0n) is 9.85. The van der Waals surface area contributed by atoms with Crippen LogP contribution in [0.4, 0.5) is 11.5 Å². The van der Waals surface area contributed by atoms with Gasteiger partial charge >= 0.3 is 0 Å². The van der Waals surface area contributed by atoms with Crippen LogP contribution >= 0.6 is 22.6 Å². The van der Waals surface area contributed by atoms with E-state index in [1.165, 1.54) is 3.57 Å². The summed E-state index contributed by atoms with van der Waals surface area (Å²) in [5.74, 6) is 0.836. The summed E-state index contributed by atoms with van der Waals surface area (Å²) in [4.78, 5) is 8.56. The van der Waals surface area contributed by atoms with Crippen molar-refractivity contribution in [3.63, 3.8) is 0 Å². The maximum absolute atomic E-state index is 4.31. The van der Waals surface area contributed by atoms with Crippen LogP contribution in [0.3, 0.4) is 0 Å². The molecule has 0 bridgehead atoms. The van der Waals surface area contributed by atoms with Gasteiger partial charge in [0.25, 0.3) is 0 Å². The number of nitrogens with zero attached hydrogens (tertiary/aromatic N) is 2. The van der Waals surface area contributed by atoms with Gasteiger partial charge in [-0.1, -0.05) is 18.2 Å². The lowest BCUT2D eigenvalue weighted by molar-refractivity contribution is -0.00000349. The highest BCUT2D eigenvalue weighted by atomic mass is 127. The van der Waals surface area contributed by atoms with Gasteiger partial charge in [0.1, 0.15) is 12.1 Å². The lowest BCUT2D eigenvalue weighted by atomic mass is 10.2. The first-order chi connectivity index (χ1) is 8.83. The Labute approximate surface area is 131 Å². The summed E-state index contributed by atoms with van der Waals surface area (Å²) in [5.41, 5.74) is 1.98. The topological polar surface area (TPSA) is 37.8 Å². The maximum atomic E-state index is 4.31. The summed E-state index contributed by atoms with van der Waals surface area (Å²) in [6.45, 7) is 0. The van der Waals surface area contributed by atoms with Gasteiger partial charge in [0.05, 0.1) is 5.52 Å². The van der Waals surface area contributed by atoms with Gasteiger partial charge in [0.2, 0.25) is 0 Å². The minimum atomic E-state index is 0. The number of rotatable bonds is 2. The minimum Gasteiger partial charge on any atom is -1.00 e.